The maximum Gasteiger partial charge on any atom is 0.254 e. The number of aryl methyl sites for hydroxylation is 2. The van der Waals surface area contributed by atoms with Crippen LogP contribution in [0.1, 0.15) is 41.4 Å². The van der Waals surface area contributed by atoms with Gasteiger partial charge in [-0.05, 0) is 69.6 Å². The number of carbonyl (C=O) groups excluding carboxylic acids is 1. The quantitative estimate of drug-likeness (QED) is 0.642. The first-order valence-electron chi connectivity index (χ1n) is 12.0. The van der Waals surface area contributed by atoms with E-state index < -0.39 is 0 Å². The molecule has 3 aromatic rings. The largest absolute Gasteiger partial charge is 0.384 e. The molecule has 1 spiro atoms. The Labute approximate surface area is 201 Å². The lowest BCUT2D eigenvalue weighted by Gasteiger charge is -2.24. The van der Waals surface area contributed by atoms with E-state index in [-0.39, 0.29) is 11.3 Å². The van der Waals surface area contributed by atoms with Crippen LogP contribution in [-0.2, 0) is 6.42 Å². The van der Waals surface area contributed by atoms with E-state index in [2.05, 4.69) is 39.9 Å². The summed E-state index contributed by atoms with van der Waals surface area (Å²) in [5, 5.41) is 0. The molecule has 2 saturated heterocycles. The Bertz CT molecular complexity index is 1220. The number of aromatic nitrogens is 3. The molecule has 1 atom stereocenters. The minimum atomic E-state index is 0.135. The molecule has 0 aliphatic carbocycles. The van der Waals surface area contributed by atoms with Crippen LogP contribution in [0.15, 0.2) is 42.9 Å². The number of hydrogen-bond acceptors (Lipinski definition) is 6. The van der Waals surface area contributed by atoms with Gasteiger partial charge in [-0.25, -0.2) is 15.0 Å². The van der Waals surface area contributed by atoms with Gasteiger partial charge in [0.05, 0.1) is 11.4 Å². The maximum absolute atomic E-state index is 13.4. The van der Waals surface area contributed by atoms with E-state index >= 15 is 0 Å². The van der Waals surface area contributed by atoms with E-state index in [0.29, 0.717) is 5.82 Å². The maximum atomic E-state index is 13.4. The highest BCUT2D eigenvalue weighted by molar-refractivity contribution is 5.97. The number of rotatable bonds is 4. The van der Waals surface area contributed by atoms with Gasteiger partial charge in [0.25, 0.3) is 5.91 Å². The average Bonchev–Trinajstić information content (AvgIpc) is 3.43. The van der Waals surface area contributed by atoms with Crippen LogP contribution < -0.4 is 5.73 Å². The molecule has 2 aliphatic rings. The summed E-state index contributed by atoms with van der Waals surface area (Å²) < 4.78 is 0. The van der Waals surface area contributed by atoms with Gasteiger partial charge in [-0.15, -0.1) is 0 Å². The van der Waals surface area contributed by atoms with Gasteiger partial charge in [-0.3, -0.25) is 4.79 Å². The summed E-state index contributed by atoms with van der Waals surface area (Å²) in [6.45, 7) is 8.01. The van der Waals surface area contributed by atoms with Crippen LogP contribution in [0, 0.1) is 12.3 Å². The smallest absolute Gasteiger partial charge is 0.254 e. The number of anilines is 1. The molecule has 2 aliphatic heterocycles. The third-order valence-corrected chi connectivity index (χ3v) is 7.42. The van der Waals surface area contributed by atoms with Gasteiger partial charge < -0.3 is 15.5 Å². The van der Waals surface area contributed by atoms with Crippen LogP contribution in [0.5, 0.6) is 0 Å². The molecule has 4 heterocycles. The minimum Gasteiger partial charge on any atom is -0.384 e. The number of amides is 1. The number of hydrogen-bond donors (Lipinski definition) is 1. The molecular weight excluding hydrogens is 424 g/mol. The van der Waals surface area contributed by atoms with Crippen LogP contribution >= 0.6 is 0 Å². The zero-order chi connectivity index (χ0) is 23.9. The Morgan fingerprint density at radius 2 is 1.85 bits per heavy atom. The molecule has 2 N–H and O–H groups in total. The Morgan fingerprint density at radius 3 is 2.53 bits per heavy atom. The van der Waals surface area contributed by atoms with Crippen LogP contribution in [0.25, 0.3) is 22.4 Å². The van der Waals surface area contributed by atoms with Crippen molar-refractivity contribution in [2.45, 2.75) is 33.1 Å². The number of nitrogen functional groups attached to an aromatic ring is 1. The monoisotopic (exact) mass is 456 g/mol. The zero-order valence-electron chi connectivity index (χ0n) is 20.2. The summed E-state index contributed by atoms with van der Waals surface area (Å²) in [6.07, 6.45) is 6.43. The van der Waals surface area contributed by atoms with E-state index in [1.54, 1.807) is 18.6 Å². The van der Waals surface area contributed by atoms with Gasteiger partial charge in [0, 0.05) is 53.5 Å². The second-order valence-electron chi connectivity index (χ2n) is 9.86. The molecule has 34 heavy (non-hydrogen) atoms. The fraction of sp³-hybridized carbons (Fsp3) is 0.407. The SMILES string of the molecule is CCc1ncnc(-c2ccc(C(=O)N3CCC4(CCN(C)C4)C3)c(C)c2)c1-c1ccc(N)nc1. The number of likely N-dealkylation sites (tertiary alicyclic amines) is 2. The third kappa shape index (κ3) is 4.05. The van der Waals surface area contributed by atoms with Crippen molar-refractivity contribution < 1.29 is 4.79 Å². The molecule has 1 unspecified atom stereocenters. The van der Waals surface area contributed by atoms with Gasteiger partial charge in [0.15, 0.2) is 0 Å². The predicted molar refractivity (Wildman–Crippen MR) is 134 cm³/mol. The van der Waals surface area contributed by atoms with Crippen molar-refractivity contribution in [2.75, 3.05) is 39.0 Å². The highest BCUT2D eigenvalue weighted by Gasteiger charge is 2.43. The Balaban J connectivity index is 1.46. The van der Waals surface area contributed by atoms with Crippen LogP contribution in [0.2, 0.25) is 0 Å². The lowest BCUT2D eigenvalue weighted by Crippen LogP contribution is -2.33. The summed E-state index contributed by atoms with van der Waals surface area (Å²) in [4.78, 5) is 31.3. The van der Waals surface area contributed by atoms with Crippen molar-refractivity contribution in [1.29, 1.82) is 0 Å². The predicted octanol–water partition coefficient (Wildman–Crippen LogP) is 3.83. The standard InChI is InChI=1S/C27H32N6O/c1-4-22-24(20-6-8-23(28)29-14-20)25(31-17-30-22)19-5-7-21(18(2)13-19)26(34)33-12-10-27(16-33)9-11-32(3)15-27/h5-8,13-14,17H,4,9-12,15-16H2,1-3H3,(H2,28,29). The molecule has 1 amide bonds. The van der Waals surface area contributed by atoms with Crippen molar-refractivity contribution in [2.24, 2.45) is 5.41 Å². The fourth-order valence-electron chi connectivity index (χ4n) is 5.59. The molecule has 7 nitrogen and oxygen atoms in total. The van der Waals surface area contributed by atoms with Gasteiger partial charge in [-0.2, -0.15) is 0 Å². The summed E-state index contributed by atoms with van der Waals surface area (Å²) >= 11 is 0. The number of carbonyl (C=O) groups is 1. The molecule has 0 radical (unpaired) electrons. The molecule has 0 saturated carbocycles. The minimum absolute atomic E-state index is 0.135. The highest BCUT2D eigenvalue weighted by Crippen LogP contribution is 2.40. The normalized spacial score (nSPS) is 20.4. The Morgan fingerprint density at radius 1 is 1.06 bits per heavy atom. The van der Waals surface area contributed by atoms with Crippen molar-refractivity contribution in [3.05, 3.63) is 59.7 Å². The first-order chi connectivity index (χ1) is 16.4. The van der Waals surface area contributed by atoms with Crippen molar-refractivity contribution in [3.8, 4) is 22.4 Å². The highest BCUT2D eigenvalue weighted by atomic mass is 16.2. The molecule has 1 aromatic carbocycles. The van der Waals surface area contributed by atoms with Crippen LogP contribution in [0.4, 0.5) is 5.82 Å². The topological polar surface area (TPSA) is 88.2 Å². The second kappa shape index (κ2) is 8.80. The van der Waals surface area contributed by atoms with Gasteiger partial charge >= 0.3 is 0 Å². The molecule has 176 valence electrons. The van der Waals surface area contributed by atoms with Crippen LogP contribution in [-0.4, -0.2) is 63.9 Å². The molecule has 2 aromatic heterocycles. The van der Waals surface area contributed by atoms with Gasteiger partial charge in [-0.1, -0.05) is 13.0 Å². The van der Waals surface area contributed by atoms with E-state index in [1.807, 2.05) is 30.0 Å². The first-order valence-corrected chi connectivity index (χ1v) is 12.0. The Hall–Kier alpha value is -3.32. The lowest BCUT2D eigenvalue weighted by molar-refractivity contribution is 0.0773. The molecule has 2 fully saturated rings. The lowest BCUT2D eigenvalue weighted by atomic mass is 9.86. The summed E-state index contributed by atoms with van der Waals surface area (Å²) in [7, 11) is 2.17. The summed E-state index contributed by atoms with van der Waals surface area (Å²) in [5.74, 6) is 0.613. The van der Waals surface area contributed by atoms with Gasteiger partial charge in [0.2, 0.25) is 0 Å². The number of nitrogens with zero attached hydrogens (tertiary/aromatic N) is 5. The van der Waals surface area contributed by atoms with E-state index in [1.165, 1.54) is 6.42 Å². The number of benzene rings is 1. The summed E-state index contributed by atoms with van der Waals surface area (Å²) in [6, 6.07) is 9.78. The molecular formula is C27H32N6O. The Kier molecular flexibility index (Phi) is 5.81. The second-order valence-corrected chi connectivity index (χ2v) is 9.86. The van der Waals surface area contributed by atoms with Crippen LogP contribution in [0.3, 0.4) is 0 Å². The van der Waals surface area contributed by atoms with Gasteiger partial charge in [0.1, 0.15) is 12.1 Å². The molecule has 0 bridgehead atoms. The van der Waals surface area contributed by atoms with E-state index in [9.17, 15) is 4.79 Å². The van der Waals surface area contributed by atoms with E-state index in [4.69, 9.17) is 5.73 Å². The molecule has 5 rings (SSSR count). The zero-order valence-corrected chi connectivity index (χ0v) is 20.2. The number of nitrogens with two attached hydrogens (primary N) is 1. The average molecular weight is 457 g/mol. The van der Waals surface area contributed by atoms with Crippen molar-refractivity contribution >= 4 is 11.7 Å². The first kappa shape index (κ1) is 22.5. The van der Waals surface area contributed by atoms with Crippen molar-refractivity contribution in [3.63, 3.8) is 0 Å². The fourth-order valence-corrected chi connectivity index (χ4v) is 5.59. The third-order valence-electron chi connectivity index (χ3n) is 7.42. The number of pyridine rings is 1. The summed E-state index contributed by atoms with van der Waals surface area (Å²) in [5.41, 5.74) is 12.5. The van der Waals surface area contributed by atoms with Crippen molar-refractivity contribution in [1.82, 2.24) is 24.8 Å². The molecule has 7 heteroatoms. The van der Waals surface area contributed by atoms with E-state index in [0.717, 1.165) is 78.2 Å².